The van der Waals surface area contributed by atoms with E-state index >= 15 is 0 Å². The summed E-state index contributed by atoms with van der Waals surface area (Å²) in [6.45, 7) is 0. The van der Waals surface area contributed by atoms with Gasteiger partial charge >= 0.3 is 11.9 Å². The van der Waals surface area contributed by atoms with Crippen LogP contribution in [0.4, 0.5) is 0 Å². The Morgan fingerprint density at radius 2 is 0.811 bits per heavy atom. The second-order valence-electron chi connectivity index (χ2n) is 7.97. The van der Waals surface area contributed by atoms with Gasteiger partial charge in [0.25, 0.3) is 0 Å². The average Bonchev–Trinajstić information content (AvgIpc) is 2.87. The van der Waals surface area contributed by atoms with Crippen LogP contribution in [0.1, 0.15) is 31.8 Å². The lowest BCUT2D eigenvalue weighted by molar-refractivity contribution is 0.0724. The Hall–Kier alpha value is -5.38. The zero-order valence-corrected chi connectivity index (χ0v) is 19.0. The molecule has 0 saturated carbocycles. The van der Waals surface area contributed by atoms with Crippen molar-refractivity contribution >= 4 is 11.9 Å². The van der Waals surface area contributed by atoms with E-state index in [4.69, 9.17) is 9.47 Å². The number of carbonyl (C=O) groups is 2. The summed E-state index contributed by atoms with van der Waals surface area (Å²) in [5.41, 5.74) is 1.49. The van der Waals surface area contributed by atoms with Gasteiger partial charge in [0.05, 0.1) is 11.1 Å². The van der Waals surface area contributed by atoms with Gasteiger partial charge in [-0.2, -0.15) is 0 Å². The van der Waals surface area contributed by atoms with E-state index in [1.54, 1.807) is 48.5 Å². The van der Waals surface area contributed by atoms with Gasteiger partial charge < -0.3 is 40.1 Å². The number of hydrogen-bond donors (Lipinski definition) is 6. The minimum atomic E-state index is -0.832. The number of aromatic hydroxyl groups is 6. The Morgan fingerprint density at radius 3 is 1.11 bits per heavy atom. The lowest BCUT2D eigenvalue weighted by Gasteiger charge is -2.09. The molecule has 6 N–H and O–H groups in total. The third kappa shape index (κ3) is 5.65. The molecule has 0 saturated heterocycles. The fourth-order valence-corrected chi connectivity index (χ4v) is 3.36. The van der Waals surface area contributed by atoms with Gasteiger partial charge in [-0.25, -0.2) is 9.59 Å². The molecule has 0 fully saturated rings. The molecule has 37 heavy (non-hydrogen) atoms. The Bertz CT molecular complexity index is 1320. The molecule has 188 valence electrons. The first kappa shape index (κ1) is 24.7. The number of hydrogen-bond acceptors (Lipinski definition) is 10. The Labute approximate surface area is 209 Å². The number of phenols is 6. The van der Waals surface area contributed by atoms with Crippen LogP contribution in [0.3, 0.4) is 0 Å². The molecule has 0 aromatic heterocycles. The van der Waals surface area contributed by atoms with Crippen molar-refractivity contribution in [3.8, 4) is 46.0 Å². The van der Waals surface area contributed by atoms with Crippen LogP contribution in [-0.4, -0.2) is 42.6 Å². The highest BCUT2D eigenvalue weighted by atomic mass is 16.5. The SMILES string of the molecule is O=C(Oc1ccc(Cc2ccc(OC(=O)c3cc(O)c(O)c(O)c3)cc2)cc1)c1cc(O)c(O)c(O)c1. The highest BCUT2D eigenvalue weighted by molar-refractivity contribution is 5.93. The molecule has 4 aromatic carbocycles. The zero-order chi connectivity index (χ0) is 26.7. The summed E-state index contributed by atoms with van der Waals surface area (Å²) >= 11 is 0. The lowest BCUT2D eigenvalue weighted by Crippen LogP contribution is -2.08. The molecule has 0 aliphatic rings. The molecule has 0 atom stereocenters. The number of phenolic OH excluding ortho intramolecular Hbond substituents is 6. The van der Waals surface area contributed by atoms with E-state index in [1.807, 2.05) is 0 Å². The van der Waals surface area contributed by atoms with Crippen LogP contribution in [0.25, 0.3) is 0 Å². The molecule has 4 rings (SSSR count). The fraction of sp³-hybridized carbons (Fsp3) is 0.0370. The highest BCUT2D eigenvalue weighted by Crippen LogP contribution is 2.36. The first-order chi connectivity index (χ1) is 17.6. The summed E-state index contributed by atoms with van der Waals surface area (Å²) in [6, 6.07) is 17.2. The summed E-state index contributed by atoms with van der Waals surface area (Å²) in [7, 11) is 0. The summed E-state index contributed by atoms with van der Waals surface area (Å²) in [5.74, 6) is -5.27. The van der Waals surface area contributed by atoms with E-state index in [2.05, 4.69) is 0 Å². The van der Waals surface area contributed by atoms with E-state index in [-0.39, 0.29) is 22.6 Å². The third-order valence-electron chi connectivity index (χ3n) is 5.29. The molecule has 0 aliphatic heterocycles. The van der Waals surface area contributed by atoms with Crippen molar-refractivity contribution in [1.29, 1.82) is 0 Å². The molecule has 0 bridgehead atoms. The fourth-order valence-electron chi connectivity index (χ4n) is 3.36. The summed E-state index contributed by atoms with van der Waals surface area (Å²) in [5, 5.41) is 56.9. The smallest absolute Gasteiger partial charge is 0.343 e. The van der Waals surface area contributed by atoms with E-state index in [9.17, 15) is 40.2 Å². The molecular weight excluding hydrogens is 484 g/mol. The number of benzene rings is 4. The molecular formula is C27H20O10. The normalized spacial score (nSPS) is 10.6. The molecule has 0 unspecified atom stereocenters. The van der Waals surface area contributed by atoms with Crippen molar-refractivity contribution in [1.82, 2.24) is 0 Å². The van der Waals surface area contributed by atoms with E-state index < -0.39 is 46.4 Å². The van der Waals surface area contributed by atoms with Gasteiger partial charge in [-0.15, -0.1) is 0 Å². The molecule has 0 aliphatic carbocycles. The lowest BCUT2D eigenvalue weighted by atomic mass is 10.0. The second kappa shape index (κ2) is 10.1. The van der Waals surface area contributed by atoms with Crippen LogP contribution >= 0.6 is 0 Å². The predicted octanol–water partition coefficient (Wildman–Crippen LogP) is 3.95. The van der Waals surface area contributed by atoms with Crippen molar-refractivity contribution in [2.75, 3.05) is 0 Å². The van der Waals surface area contributed by atoms with Gasteiger partial charge in [0, 0.05) is 0 Å². The highest BCUT2D eigenvalue weighted by Gasteiger charge is 2.17. The number of esters is 2. The first-order valence-electron chi connectivity index (χ1n) is 10.7. The first-order valence-corrected chi connectivity index (χ1v) is 10.7. The Balaban J connectivity index is 1.36. The van der Waals surface area contributed by atoms with Crippen LogP contribution < -0.4 is 9.47 Å². The minimum absolute atomic E-state index is 0.142. The summed E-state index contributed by atoms with van der Waals surface area (Å²) in [4.78, 5) is 24.5. The van der Waals surface area contributed by atoms with Crippen molar-refractivity contribution in [2.45, 2.75) is 6.42 Å². The molecule has 0 spiro atoms. The quantitative estimate of drug-likeness (QED) is 0.128. The monoisotopic (exact) mass is 504 g/mol. The van der Waals surface area contributed by atoms with E-state index in [1.165, 1.54) is 0 Å². The van der Waals surface area contributed by atoms with Crippen LogP contribution in [0, 0.1) is 0 Å². The molecule has 10 heteroatoms. The number of ether oxygens (including phenoxy) is 2. The van der Waals surface area contributed by atoms with Gasteiger partial charge in [-0.3, -0.25) is 0 Å². The van der Waals surface area contributed by atoms with Crippen molar-refractivity contribution in [2.24, 2.45) is 0 Å². The standard InChI is InChI=1S/C27H20O10/c28-20-10-16(11-21(29)24(20)32)26(34)36-18-5-1-14(2-6-18)9-15-3-7-19(8-4-15)37-27(35)17-12-22(30)25(33)23(31)13-17/h1-8,10-13,28-33H,9H2. The maximum absolute atomic E-state index is 12.3. The maximum atomic E-state index is 12.3. The number of carbonyl (C=O) groups excluding carboxylic acids is 2. The zero-order valence-electron chi connectivity index (χ0n) is 19.0. The van der Waals surface area contributed by atoms with Crippen molar-refractivity contribution in [3.05, 3.63) is 95.1 Å². The molecule has 10 nitrogen and oxygen atoms in total. The van der Waals surface area contributed by atoms with Crippen molar-refractivity contribution in [3.63, 3.8) is 0 Å². The second-order valence-corrected chi connectivity index (χ2v) is 7.97. The van der Waals surface area contributed by atoms with E-state index in [0.717, 1.165) is 35.4 Å². The Kier molecular flexibility index (Phi) is 6.74. The largest absolute Gasteiger partial charge is 0.504 e. The molecule has 0 radical (unpaired) electrons. The van der Waals surface area contributed by atoms with Gasteiger partial charge in [-0.1, -0.05) is 24.3 Å². The van der Waals surface area contributed by atoms with Gasteiger partial charge in [0.1, 0.15) is 11.5 Å². The van der Waals surface area contributed by atoms with Crippen molar-refractivity contribution < 1.29 is 49.7 Å². The van der Waals surface area contributed by atoms with Crippen LogP contribution in [0.5, 0.6) is 46.0 Å². The maximum Gasteiger partial charge on any atom is 0.343 e. The average molecular weight is 504 g/mol. The molecule has 4 aromatic rings. The molecule has 0 amide bonds. The Morgan fingerprint density at radius 1 is 0.514 bits per heavy atom. The van der Waals surface area contributed by atoms with Gasteiger partial charge in [0.15, 0.2) is 34.5 Å². The summed E-state index contributed by atoms with van der Waals surface area (Å²) in [6.07, 6.45) is 0.516. The number of rotatable bonds is 6. The van der Waals surface area contributed by atoms with Crippen LogP contribution in [0.2, 0.25) is 0 Å². The third-order valence-corrected chi connectivity index (χ3v) is 5.29. The minimum Gasteiger partial charge on any atom is -0.504 e. The van der Waals surface area contributed by atoms with Crippen LogP contribution in [0.15, 0.2) is 72.8 Å². The van der Waals surface area contributed by atoms with Gasteiger partial charge in [-0.05, 0) is 66.1 Å². The van der Waals surface area contributed by atoms with E-state index in [0.29, 0.717) is 6.42 Å². The van der Waals surface area contributed by atoms with Crippen LogP contribution in [-0.2, 0) is 6.42 Å². The van der Waals surface area contributed by atoms with Gasteiger partial charge in [0.2, 0.25) is 0 Å². The summed E-state index contributed by atoms with van der Waals surface area (Å²) < 4.78 is 10.5. The topological polar surface area (TPSA) is 174 Å². The predicted molar refractivity (Wildman–Crippen MR) is 128 cm³/mol. The molecule has 0 heterocycles.